The lowest BCUT2D eigenvalue weighted by Gasteiger charge is -2.15. The van der Waals surface area contributed by atoms with E-state index in [1.54, 1.807) is 6.92 Å². The van der Waals surface area contributed by atoms with Gasteiger partial charge in [0.05, 0.1) is 5.01 Å². The van der Waals surface area contributed by atoms with E-state index in [4.69, 9.17) is 5.11 Å². The molecule has 0 aliphatic carbocycles. The number of nitrogens with zero attached hydrogens (tertiary/aromatic N) is 1. The number of carbonyl (C=O) groups is 1. The highest BCUT2D eigenvalue weighted by Crippen LogP contribution is 2.25. The molecule has 0 saturated heterocycles. The number of aryl methyl sites for hydroxylation is 1. The largest absolute Gasteiger partial charge is 0.476 e. The highest BCUT2D eigenvalue weighted by atomic mass is 32.1. The molecule has 14 heavy (non-hydrogen) atoms. The average molecular weight is 213 g/mol. The molecule has 0 fully saturated rings. The molecule has 0 aromatic carbocycles. The molecule has 78 valence electrons. The Balaban J connectivity index is 2.92. The minimum atomic E-state index is -0.932. The van der Waals surface area contributed by atoms with Gasteiger partial charge in [-0.2, -0.15) is 0 Å². The van der Waals surface area contributed by atoms with E-state index in [-0.39, 0.29) is 11.1 Å². The van der Waals surface area contributed by atoms with Crippen LogP contribution in [0.3, 0.4) is 0 Å². The fraction of sp³-hybridized carbons (Fsp3) is 0.600. The zero-order chi connectivity index (χ0) is 10.9. The van der Waals surface area contributed by atoms with Gasteiger partial charge in [0.25, 0.3) is 0 Å². The lowest BCUT2D eigenvalue weighted by molar-refractivity contribution is 0.0690. The second kappa shape index (κ2) is 3.69. The zero-order valence-corrected chi connectivity index (χ0v) is 9.73. The topological polar surface area (TPSA) is 50.2 Å². The van der Waals surface area contributed by atoms with E-state index < -0.39 is 5.97 Å². The Morgan fingerprint density at radius 1 is 1.50 bits per heavy atom. The predicted octanol–water partition coefficient (Wildman–Crippen LogP) is 2.74. The van der Waals surface area contributed by atoms with E-state index in [2.05, 4.69) is 25.8 Å². The molecule has 0 spiro atoms. The summed E-state index contributed by atoms with van der Waals surface area (Å²) in [5, 5.41) is 9.73. The van der Waals surface area contributed by atoms with Gasteiger partial charge in [-0.05, 0) is 12.3 Å². The summed E-state index contributed by atoms with van der Waals surface area (Å²) in [6.45, 7) is 8.14. The fourth-order valence-corrected chi connectivity index (χ4v) is 2.40. The van der Waals surface area contributed by atoms with E-state index in [0.29, 0.717) is 0 Å². The van der Waals surface area contributed by atoms with Crippen molar-refractivity contribution >= 4 is 17.3 Å². The van der Waals surface area contributed by atoms with Gasteiger partial charge in [-0.1, -0.05) is 20.8 Å². The van der Waals surface area contributed by atoms with Crippen molar-refractivity contribution in [3.8, 4) is 0 Å². The van der Waals surface area contributed by atoms with Crippen LogP contribution in [0.5, 0.6) is 0 Å². The van der Waals surface area contributed by atoms with Crippen molar-refractivity contribution in [2.45, 2.75) is 34.1 Å². The van der Waals surface area contributed by atoms with Gasteiger partial charge in [-0.15, -0.1) is 11.3 Å². The fourth-order valence-electron chi connectivity index (χ4n) is 1.18. The minimum absolute atomic E-state index is 0.153. The van der Waals surface area contributed by atoms with E-state index >= 15 is 0 Å². The van der Waals surface area contributed by atoms with Gasteiger partial charge < -0.3 is 5.11 Å². The van der Waals surface area contributed by atoms with Crippen molar-refractivity contribution in [3.05, 3.63) is 15.6 Å². The molecule has 3 nitrogen and oxygen atoms in total. The van der Waals surface area contributed by atoms with E-state index in [1.165, 1.54) is 11.3 Å². The first-order chi connectivity index (χ1) is 6.29. The summed E-state index contributed by atoms with van der Waals surface area (Å²) in [6.07, 6.45) is 0.825. The highest BCUT2D eigenvalue weighted by molar-refractivity contribution is 7.11. The van der Waals surface area contributed by atoms with Crippen molar-refractivity contribution in [2.75, 3.05) is 0 Å². The number of thiazole rings is 1. The number of rotatable bonds is 2. The third kappa shape index (κ3) is 2.80. The summed E-state index contributed by atoms with van der Waals surface area (Å²) in [5.74, 6) is -0.932. The van der Waals surface area contributed by atoms with Gasteiger partial charge in [-0.3, -0.25) is 0 Å². The van der Waals surface area contributed by atoms with Crippen LogP contribution in [0.25, 0.3) is 0 Å². The third-order valence-corrected chi connectivity index (χ3v) is 2.70. The summed E-state index contributed by atoms with van der Waals surface area (Å²) in [4.78, 5) is 15.6. The Morgan fingerprint density at radius 3 is 2.43 bits per heavy atom. The molecule has 1 rings (SSSR count). The summed E-state index contributed by atoms with van der Waals surface area (Å²) in [5.41, 5.74) is 0.356. The van der Waals surface area contributed by atoms with Crippen LogP contribution < -0.4 is 0 Å². The van der Waals surface area contributed by atoms with Crippen LogP contribution in [-0.2, 0) is 6.42 Å². The number of aromatic nitrogens is 1. The number of aromatic carboxylic acids is 1. The molecule has 1 aromatic rings. The van der Waals surface area contributed by atoms with Crippen LogP contribution in [0.15, 0.2) is 0 Å². The molecule has 0 unspecified atom stereocenters. The molecule has 0 radical (unpaired) electrons. The third-order valence-electron chi connectivity index (χ3n) is 1.73. The van der Waals surface area contributed by atoms with Gasteiger partial charge in [0.15, 0.2) is 5.69 Å². The first-order valence-electron chi connectivity index (χ1n) is 4.49. The Bertz CT molecular complexity index is 349. The summed E-state index contributed by atoms with van der Waals surface area (Å²) < 4.78 is 0. The number of carboxylic acids is 1. The van der Waals surface area contributed by atoms with Gasteiger partial charge in [0, 0.05) is 11.3 Å². The molecule has 0 aliphatic rings. The maximum Gasteiger partial charge on any atom is 0.355 e. The van der Waals surface area contributed by atoms with Crippen molar-refractivity contribution in [2.24, 2.45) is 5.41 Å². The highest BCUT2D eigenvalue weighted by Gasteiger charge is 2.18. The van der Waals surface area contributed by atoms with Crippen molar-refractivity contribution < 1.29 is 9.90 Å². The molecule has 0 aliphatic heterocycles. The second-order valence-corrected chi connectivity index (χ2v) is 5.84. The second-order valence-electron chi connectivity index (χ2n) is 4.55. The van der Waals surface area contributed by atoms with Crippen LogP contribution in [-0.4, -0.2) is 16.1 Å². The normalized spacial score (nSPS) is 11.7. The molecular formula is C10H15NO2S. The SMILES string of the molecule is Cc1sc(CC(C)(C)C)nc1C(=O)O. The van der Waals surface area contributed by atoms with Gasteiger partial charge >= 0.3 is 5.97 Å². The monoisotopic (exact) mass is 213 g/mol. The summed E-state index contributed by atoms with van der Waals surface area (Å²) in [7, 11) is 0. The maximum atomic E-state index is 10.7. The average Bonchev–Trinajstić information content (AvgIpc) is 2.26. The quantitative estimate of drug-likeness (QED) is 0.821. The first-order valence-corrected chi connectivity index (χ1v) is 5.31. The Kier molecular flexibility index (Phi) is 2.95. The van der Waals surface area contributed by atoms with Gasteiger partial charge in [0.1, 0.15) is 0 Å². The Labute approximate surface area is 87.8 Å². The summed E-state index contributed by atoms with van der Waals surface area (Å²) >= 11 is 1.48. The van der Waals surface area contributed by atoms with Crippen LogP contribution in [0.2, 0.25) is 0 Å². The molecular weight excluding hydrogens is 198 g/mol. The molecule has 1 N–H and O–H groups in total. The maximum absolute atomic E-state index is 10.7. The van der Waals surface area contributed by atoms with E-state index in [0.717, 1.165) is 16.3 Å². The molecule has 1 aromatic heterocycles. The van der Waals surface area contributed by atoms with Crippen LogP contribution >= 0.6 is 11.3 Å². The predicted molar refractivity (Wildman–Crippen MR) is 57.0 cm³/mol. The van der Waals surface area contributed by atoms with Crippen LogP contribution in [0, 0.1) is 12.3 Å². The van der Waals surface area contributed by atoms with Crippen molar-refractivity contribution in [3.63, 3.8) is 0 Å². The van der Waals surface area contributed by atoms with Gasteiger partial charge in [-0.25, -0.2) is 9.78 Å². The van der Waals surface area contributed by atoms with E-state index in [9.17, 15) is 4.79 Å². The van der Waals surface area contributed by atoms with Crippen LogP contribution in [0.1, 0.15) is 41.1 Å². The molecule has 0 amide bonds. The van der Waals surface area contributed by atoms with Crippen LogP contribution in [0.4, 0.5) is 0 Å². The molecule has 1 heterocycles. The molecule has 0 saturated carbocycles. The number of hydrogen-bond donors (Lipinski definition) is 1. The summed E-state index contributed by atoms with van der Waals surface area (Å²) in [6, 6.07) is 0. The van der Waals surface area contributed by atoms with E-state index in [1.807, 2.05) is 0 Å². The number of hydrogen-bond acceptors (Lipinski definition) is 3. The van der Waals surface area contributed by atoms with Crippen molar-refractivity contribution in [1.29, 1.82) is 0 Å². The molecule has 0 bridgehead atoms. The van der Waals surface area contributed by atoms with Crippen molar-refractivity contribution in [1.82, 2.24) is 4.98 Å². The molecule has 4 heteroatoms. The Hall–Kier alpha value is -0.900. The van der Waals surface area contributed by atoms with Gasteiger partial charge in [0.2, 0.25) is 0 Å². The first kappa shape index (κ1) is 11.2. The Morgan fingerprint density at radius 2 is 2.07 bits per heavy atom. The lowest BCUT2D eigenvalue weighted by Crippen LogP contribution is -2.09. The zero-order valence-electron chi connectivity index (χ0n) is 8.92. The number of carboxylic acid groups (broad SMARTS) is 1. The molecule has 0 atom stereocenters. The minimum Gasteiger partial charge on any atom is -0.476 e. The smallest absolute Gasteiger partial charge is 0.355 e. The standard InChI is InChI=1S/C10H15NO2S/c1-6-8(9(12)13)11-7(14-6)5-10(2,3)4/h5H2,1-4H3,(H,12,13). The lowest BCUT2D eigenvalue weighted by atomic mass is 9.93.